The Labute approximate surface area is 104 Å². The molecule has 0 aromatic carbocycles. The summed E-state index contributed by atoms with van der Waals surface area (Å²) in [6.45, 7) is 1.19. The molecule has 0 radical (unpaired) electrons. The van der Waals surface area contributed by atoms with Gasteiger partial charge in [0.15, 0.2) is 5.60 Å². The molecule has 2 heterocycles. The normalized spacial score (nSPS) is 23.6. The number of hydrogen-bond acceptors (Lipinski definition) is 4. The molecule has 0 spiro atoms. The van der Waals surface area contributed by atoms with Crippen LogP contribution in [0.25, 0.3) is 0 Å². The molecule has 1 aromatic heterocycles. The lowest BCUT2D eigenvalue weighted by molar-refractivity contribution is -0.141. The number of carbonyl (C=O) groups excluding carboxylic acids is 1. The lowest BCUT2D eigenvalue weighted by Gasteiger charge is -2.31. The van der Waals surface area contributed by atoms with E-state index >= 15 is 0 Å². The molecule has 1 saturated heterocycles. The summed E-state index contributed by atoms with van der Waals surface area (Å²) < 4.78 is 0. The Morgan fingerprint density at radius 2 is 2.39 bits per heavy atom. The van der Waals surface area contributed by atoms with Crippen LogP contribution >= 0.6 is 0 Å². The quantitative estimate of drug-likeness (QED) is 0.560. The average molecular weight is 251 g/mol. The van der Waals surface area contributed by atoms with Crippen molar-refractivity contribution in [2.24, 2.45) is 0 Å². The lowest BCUT2D eigenvalue weighted by atomic mass is 9.93. The highest BCUT2D eigenvalue weighted by atomic mass is 16.3. The first-order valence-corrected chi connectivity index (χ1v) is 6.00. The molecule has 98 valence electrons. The average Bonchev–Trinajstić information content (AvgIpc) is 2.38. The van der Waals surface area contributed by atoms with Gasteiger partial charge in [-0.05, 0) is 25.5 Å². The minimum absolute atomic E-state index is 0.122. The van der Waals surface area contributed by atoms with E-state index < -0.39 is 11.5 Å². The Bertz CT molecular complexity index is 477. The van der Waals surface area contributed by atoms with Gasteiger partial charge in [0, 0.05) is 24.8 Å². The molecule has 6 nitrogen and oxygen atoms in total. The number of carbonyl (C=O) groups is 1. The number of amides is 1. The third kappa shape index (κ3) is 2.77. The highest BCUT2D eigenvalue weighted by Crippen LogP contribution is 2.15. The van der Waals surface area contributed by atoms with E-state index in [-0.39, 0.29) is 18.6 Å². The molecule has 0 bridgehead atoms. The van der Waals surface area contributed by atoms with Crippen molar-refractivity contribution in [1.82, 2.24) is 15.6 Å². The van der Waals surface area contributed by atoms with Crippen LogP contribution in [0, 0.1) is 0 Å². The number of β-amino-alcohol motifs (C(OH)–C–C–N with tert-alkyl or cyclic N) is 1. The minimum Gasteiger partial charge on any atom is -0.379 e. The first-order chi connectivity index (χ1) is 8.62. The molecular formula is C12H17N3O3. The van der Waals surface area contributed by atoms with E-state index in [2.05, 4.69) is 15.6 Å². The largest absolute Gasteiger partial charge is 0.379 e. The second kappa shape index (κ2) is 5.32. The summed E-state index contributed by atoms with van der Waals surface area (Å²) in [7, 11) is 0. The summed E-state index contributed by atoms with van der Waals surface area (Å²) in [5.74, 6) is -0.432. The van der Waals surface area contributed by atoms with E-state index in [0.29, 0.717) is 12.0 Å². The lowest BCUT2D eigenvalue weighted by Crippen LogP contribution is -2.55. The predicted molar refractivity (Wildman–Crippen MR) is 66.0 cm³/mol. The summed E-state index contributed by atoms with van der Waals surface area (Å²) in [6.07, 6.45) is 2.74. The Morgan fingerprint density at radius 1 is 1.56 bits per heavy atom. The maximum atomic E-state index is 11.9. The standard InChI is InChI=1S/C12H17N3O3/c16-10-9(3-1-6-14-10)7-15-11(17)12(18)4-2-5-13-8-12/h1,3,6,13,18H,2,4-5,7-8H2,(H,14,16)(H,15,17). The molecule has 1 fully saturated rings. The van der Waals surface area contributed by atoms with Gasteiger partial charge in [-0.2, -0.15) is 0 Å². The number of nitrogens with one attached hydrogen (secondary N) is 3. The number of aliphatic hydroxyl groups is 1. The minimum atomic E-state index is -1.36. The molecule has 4 N–H and O–H groups in total. The molecule has 1 aliphatic heterocycles. The number of aromatic amines is 1. The fourth-order valence-corrected chi connectivity index (χ4v) is 2.02. The van der Waals surface area contributed by atoms with Crippen molar-refractivity contribution in [2.75, 3.05) is 13.1 Å². The number of aromatic nitrogens is 1. The van der Waals surface area contributed by atoms with Gasteiger partial charge in [-0.1, -0.05) is 6.07 Å². The molecule has 6 heteroatoms. The van der Waals surface area contributed by atoms with Crippen molar-refractivity contribution in [3.05, 3.63) is 34.2 Å². The van der Waals surface area contributed by atoms with Crippen LogP contribution < -0.4 is 16.2 Å². The van der Waals surface area contributed by atoms with Gasteiger partial charge < -0.3 is 20.7 Å². The van der Waals surface area contributed by atoms with Gasteiger partial charge in [0.25, 0.3) is 11.5 Å². The Balaban J connectivity index is 1.96. The van der Waals surface area contributed by atoms with Gasteiger partial charge in [0.1, 0.15) is 0 Å². The van der Waals surface area contributed by atoms with Crippen LogP contribution in [0.4, 0.5) is 0 Å². The molecule has 18 heavy (non-hydrogen) atoms. The van der Waals surface area contributed by atoms with Crippen molar-refractivity contribution >= 4 is 5.91 Å². The van der Waals surface area contributed by atoms with Gasteiger partial charge in [-0.15, -0.1) is 0 Å². The van der Waals surface area contributed by atoms with E-state index in [4.69, 9.17) is 0 Å². The van der Waals surface area contributed by atoms with Crippen molar-refractivity contribution < 1.29 is 9.90 Å². The van der Waals surface area contributed by atoms with Gasteiger partial charge in [0.05, 0.1) is 0 Å². The third-order valence-corrected chi connectivity index (χ3v) is 3.12. The molecule has 1 aromatic rings. The molecule has 1 unspecified atom stereocenters. The number of piperidine rings is 1. The van der Waals surface area contributed by atoms with Crippen molar-refractivity contribution in [3.63, 3.8) is 0 Å². The Hall–Kier alpha value is -1.66. The van der Waals surface area contributed by atoms with E-state index in [1.165, 1.54) is 6.20 Å². The molecule has 2 rings (SSSR count). The smallest absolute Gasteiger partial charge is 0.253 e. The maximum absolute atomic E-state index is 11.9. The third-order valence-electron chi connectivity index (χ3n) is 3.12. The highest BCUT2D eigenvalue weighted by Gasteiger charge is 2.36. The summed E-state index contributed by atoms with van der Waals surface area (Å²) in [5, 5.41) is 15.7. The molecule has 1 atom stereocenters. The van der Waals surface area contributed by atoms with Crippen LogP contribution in [0.1, 0.15) is 18.4 Å². The monoisotopic (exact) mass is 251 g/mol. The van der Waals surface area contributed by atoms with Crippen LogP contribution in [0.15, 0.2) is 23.1 Å². The number of H-pyrrole nitrogens is 1. The van der Waals surface area contributed by atoms with Crippen molar-refractivity contribution in [2.45, 2.75) is 25.0 Å². The van der Waals surface area contributed by atoms with Crippen LogP contribution in [0.2, 0.25) is 0 Å². The van der Waals surface area contributed by atoms with Crippen LogP contribution in [-0.4, -0.2) is 34.7 Å². The van der Waals surface area contributed by atoms with Gasteiger partial charge in [-0.25, -0.2) is 0 Å². The fourth-order valence-electron chi connectivity index (χ4n) is 2.02. The number of hydrogen-bond donors (Lipinski definition) is 4. The topological polar surface area (TPSA) is 94.2 Å². The van der Waals surface area contributed by atoms with Crippen molar-refractivity contribution in [1.29, 1.82) is 0 Å². The van der Waals surface area contributed by atoms with Crippen LogP contribution in [-0.2, 0) is 11.3 Å². The first-order valence-electron chi connectivity index (χ1n) is 6.00. The zero-order valence-electron chi connectivity index (χ0n) is 10.0. The Morgan fingerprint density at radius 3 is 3.06 bits per heavy atom. The molecule has 0 aliphatic carbocycles. The van der Waals surface area contributed by atoms with Gasteiger partial charge >= 0.3 is 0 Å². The fraction of sp³-hybridized carbons (Fsp3) is 0.500. The van der Waals surface area contributed by atoms with Crippen LogP contribution in [0.3, 0.4) is 0 Å². The summed E-state index contributed by atoms with van der Waals surface area (Å²) >= 11 is 0. The van der Waals surface area contributed by atoms with Gasteiger partial charge in [-0.3, -0.25) is 9.59 Å². The zero-order chi connectivity index (χ0) is 13.0. The number of rotatable bonds is 3. The van der Waals surface area contributed by atoms with E-state index in [9.17, 15) is 14.7 Å². The second-order valence-electron chi connectivity index (χ2n) is 4.52. The zero-order valence-corrected chi connectivity index (χ0v) is 10.0. The van der Waals surface area contributed by atoms with E-state index in [0.717, 1.165) is 13.0 Å². The number of pyridine rings is 1. The highest BCUT2D eigenvalue weighted by molar-refractivity contribution is 5.85. The molecule has 1 aliphatic rings. The molecule has 1 amide bonds. The SMILES string of the molecule is O=C(NCc1ccc[nH]c1=O)C1(O)CCCNC1. The summed E-state index contributed by atoms with van der Waals surface area (Å²) in [5.41, 5.74) is -1.12. The van der Waals surface area contributed by atoms with E-state index in [1.54, 1.807) is 12.1 Å². The van der Waals surface area contributed by atoms with Gasteiger partial charge in [0.2, 0.25) is 0 Å². The van der Waals surface area contributed by atoms with E-state index in [1.807, 2.05) is 0 Å². The summed E-state index contributed by atoms with van der Waals surface area (Å²) in [6, 6.07) is 3.34. The van der Waals surface area contributed by atoms with Crippen LogP contribution in [0.5, 0.6) is 0 Å². The predicted octanol–water partition coefficient (Wildman–Crippen LogP) is -0.894. The second-order valence-corrected chi connectivity index (χ2v) is 4.52. The maximum Gasteiger partial charge on any atom is 0.253 e. The molecular weight excluding hydrogens is 234 g/mol. The van der Waals surface area contributed by atoms with Crippen molar-refractivity contribution in [3.8, 4) is 0 Å². The summed E-state index contributed by atoms with van der Waals surface area (Å²) in [4.78, 5) is 25.8. The first kappa shape index (κ1) is 12.8. The molecule has 0 saturated carbocycles. The Kier molecular flexibility index (Phi) is 3.78.